The maximum atomic E-state index is 11.6. The SMILES string of the molecule is COC(=O)COc1ccc(C(=O)COC(C)=O)cc1.O=C(O)COc1ccc(C(=O)CO)cc1. The van der Waals surface area contributed by atoms with Gasteiger partial charge in [0.15, 0.2) is 31.4 Å². The van der Waals surface area contributed by atoms with Crippen molar-refractivity contribution in [1.82, 2.24) is 0 Å². The van der Waals surface area contributed by atoms with Crippen molar-refractivity contribution in [2.24, 2.45) is 0 Å². The highest BCUT2D eigenvalue weighted by atomic mass is 16.6. The number of aliphatic hydroxyl groups excluding tert-OH is 1. The Hall–Kier alpha value is -4.25. The average molecular weight is 476 g/mol. The van der Waals surface area contributed by atoms with E-state index in [1.165, 1.54) is 50.4 Å². The van der Waals surface area contributed by atoms with Gasteiger partial charge in [-0.3, -0.25) is 14.4 Å². The van der Waals surface area contributed by atoms with Crippen LogP contribution in [0.15, 0.2) is 48.5 Å². The Morgan fingerprint density at radius 1 is 0.735 bits per heavy atom. The molecule has 2 aromatic rings. The fraction of sp³-hybridized carbons (Fsp3) is 0.261. The molecule has 2 aromatic carbocycles. The first-order valence-electron chi connectivity index (χ1n) is 9.71. The van der Waals surface area contributed by atoms with Gasteiger partial charge in [-0.05, 0) is 48.5 Å². The number of carbonyl (C=O) groups is 5. The summed E-state index contributed by atoms with van der Waals surface area (Å²) >= 11 is 0. The van der Waals surface area contributed by atoms with Gasteiger partial charge in [0, 0.05) is 18.1 Å². The molecule has 0 saturated carbocycles. The van der Waals surface area contributed by atoms with Gasteiger partial charge < -0.3 is 29.2 Å². The normalized spacial score (nSPS) is 9.62. The molecule has 11 heteroatoms. The Labute approximate surface area is 194 Å². The molecule has 0 spiro atoms. The molecule has 11 nitrogen and oxygen atoms in total. The number of rotatable bonds is 11. The summed E-state index contributed by atoms with van der Waals surface area (Å²) in [7, 11) is 1.27. The fourth-order valence-electron chi connectivity index (χ4n) is 2.16. The van der Waals surface area contributed by atoms with Crippen molar-refractivity contribution < 1.29 is 53.1 Å². The molecule has 0 fully saturated rings. The standard InChI is InChI=1S/C13H14O6.C10H10O5/c1-9(14)18-7-12(15)10-3-5-11(6-4-10)19-8-13(16)17-2;11-5-9(12)7-1-3-8(4-2-7)15-6-10(13)14/h3-6H,7-8H2,1-2H3;1-4,11H,5-6H2,(H,13,14). The average Bonchev–Trinajstić information content (AvgIpc) is 2.85. The number of hydrogen-bond acceptors (Lipinski definition) is 10. The number of carbonyl (C=O) groups excluding carboxylic acids is 4. The number of ether oxygens (including phenoxy) is 4. The number of ketones is 2. The van der Waals surface area contributed by atoms with Crippen LogP contribution in [0.1, 0.15) is 27.6 Å². The summed E-state index contributed by atoms with van der Waals surface area (Å²) < 4.78 is 19.0. The zero-order valence-electron chi connectivity index (χ0n) is 18.5. The summed E-state index contributed by atoms with van der Waals surface area (Å²) in [5, 5.41) is 16.9. The van der Waals surface area contributed by atoms with Crippen LogP contribution in [0.2, 0.25) is 0 Å². The van der Waals surface area contributed by atoms with Gasteiger partial charge in [-0.1, -0.05) is 0 Å². The summed E-state index contributed by atoms with van der Waals surface area (Å²) in [4.78, 5) is 54.2. The number of aliphatic carboxylic acids is 1. The first kappa shape index (κ1) is 27.8. The summed E-state index contributed by atoms with van der Waals surface area (Å²) in [5.41, 5.74) is 0.756. The highest BCUT2D eigenvalue weighted by Gasteiger charge is 2.08. The molecule has 182 valence electrons. The van der Waals surface area contributed by atoms with Crippen molar-refractivity contribution in [1.29, 1.82) is 0 Å². The van der Waals surface area contributed by atoms with E-state index in [1.54, 1.807) is 12.1 Å². The maximum absolute atomic E-state index is 11.6. The quantitative estimate of drug-likeness (QED) is 0.355. The van der Waals surface area contributed by atoms with Crippen molar-refractivity contribution >= 4 is 29.5 Å². The van der Waals surface area contributed by atoms with Crippen LogP contribution in [0, 0.1) is 0 Å². The van der Waals surface area contributed by atoms with Crippen LogP contribution in [-0.2, 0) is 23.9 Å². The van der Waals surface area contributed by atoms with Gasteiger partial charge in [-0.2, -0.15) is 0 Å². The van der Waals surface area contributed by atoms with E-state index in [0.29, 0.717) is 22.6 Å². The first-order chi connectivity index (χ1) is 16.2. The van der Waals surface area contributed by atoms with Gasteiger partial charge in [0.05, 0.1) is 7.11 Å². The molecule has 0 amide bonds. The Morgan fingerprint density at radius 3 is 1.62 bits per heavy atom. The molecule has 0 aliphatic carbocycles. The first-order valence-corrected chi connectivity index (χ1v) is 9.71. The van der Waals surface area contributed by atoms with Crippen molar-refractivity contribution in [2.45, 2.75) is 6.92 Å². The number of carboxylic acids is 1. The molecule has 0 saturated heterocycles. The second-order valence-electron chi connectivity index (χ2n) is 6.38. The molecule has 0 atom stereocenters. The molecule has 0 aliphatic rings. The molecule has 2 rings (SSSR count). The smallest absolute Gasteiger partial charge is 0.343 e. The van der Waals surface area contributed by atoms with E-state index in [0.717, 1.165) is 0 Å². The molecule has 0 aromatic heterocycles. The lowest BCUT2D eigenvalue weighted by Gasteiger charge is -2.06. The number of methoxy groups -OCH3 is 1. The minimum Gasteiger partial charge on any atom is -0.482 e. The van der Waals surface area contributed by atoms with Crippen LogP contribution >= 0.6 is 0 Å². The third-order valence-corrected chi connectivity index (χ3v) is 3.85. The van der Waals surface area contributed by atoms with Crippen molar-refractivity contribution in [3.8, 4) is 11.5 Å². The number of hydrogen-bond donors (Lipinski definition) is 2. The Balaban J connectivity index is 0.000000350. The van der Waals surface area contributed by atoms with Crippen LogP contribution in [-0.4, -0.2) is 73.2 Å². The number of carboxylic acid groups (broad SMARTS) is 1. The molecular formula is C23H24O11. The minimum absolute atomic E-state index is 0.197. The zero-order valence-corrected chi connectivity index (χ0v) is 18.5. The molecule has 2 N–H and O–H groups in total. The second-order valence-corrected chi connectivity index (χ2v) is 6.38. The van der Waals surface area contributed by atoms with Gasteiger partial charge in [0.25, 0.3) is 0 Å². The molecule has 0 unspecified atom stereocenters. The monoisotopic (exact) mass is 476 g/mol. The van der Waals surface area contributed by atoms with Gasteiger partial charge in [0.1, 0.15) is 18.1 Å². The zero-order chi connectivity index (χ0) is 25.5. The third kappa shape index (κ3) is 10.9. The van der Waals surface area contributed by atoms with Crippen LogP contribution in [0.3, 0.4) is 0 Å². The molecule has 0 radical (unpaired) electrons. The summed E-state index contributed by atoms with van der Waals surface area (Å²) in [5.74, 6) is -1.96. The molecule has 0 bridgehead atoms. The van der Waals surface area contributed by atoms with Gasteiger partial charge in [-0.15, -0.1) is 0 Å². The Morgan fingerprint density at radius 2 is 1.21 bits per heavy atom. The van der Waals surface area contributed by atoms with Crippen molar-refractivity contribution in [3.63, 3.8) is 0 Å². The lowest BCUT2D eigenvalue weighted by Crippen LogP contribution is -2.13. The Kier molecular flexibility index (Phi) is 12.0. The number of aliphatic hydroxyl groups is 1. The van der Waals surface area contributed by atoms with Gasteiger partial charge >= 0.3 is 17.9 Å². The highest BCUT2D eigenvalue weighted by molar-refractivity contribution is 5.98. The number of Topliss-reactive ketones (excluding diaryl/α,β-unsaturated/α-hetero) is 2. The van der Waals surface area contributed by atoms with Gasteiger partial charge in [-0.25, -0.2) is 9.59 Å². The van der Waals surface area contributed by atoms with E-state index in [2.05, 4.69) is 9.47 Å². The van der Waals surface area contributed by atoms with E-state index in [1.807, 2.05) is 0 Å². The highest BCUT2D eigenvalue weighted by Crippen LogP contribution is 2.13. The van der Waals surface area contributed by atoms with Crippen LogP contribution in [0.5, 0.6) is 11.5 Å². The topological polar surface area (TPSA) is 163 Å². The predicted molar refractivity (Wildman–Crippen MR) is 116 cm³/mol. The maximum Gasteiger partial charge on any atom is 0.343 e. The van der Waals surface area contributed by atoms with Crippen LogP contribution < -0.4 is 9.47 Å². The van der Waals surface area contributed by atoms with Crippen molar-refractivity contribution in [3.05, 3.63) is 59.7 Å². The molecule has 34 heavy (non-hydrogen) atoms. The van der Waals surface area contributed by atoms with Crippen LogP contribution in [0.4, 0.5) is 0 Å². The van der Waals surface area contributed by atoms with Crippen LogP contribution in [0.25, 0.3) is 0 Å². The molecule has 0 aliphatic heterocycles. The van der Waals surface area contributed by atoms with E-state index < -0.39 is 31.1 Å². The van der Waals surface area contributed by atoms with Gasteiger partial charge in [0.2, 0.25) is 0 Å². The third-order valence-electron chi connectivity index (χ3n) is 3.85. The predicted octanol–water partition coefficient (Wildman–Crippen LogP) is 1.31. The van der Waals surface area contributed by atoms with E-state index in [4.69, 9.17) is 19.7 Å². The molecular weight excluding hydrogens is 452 g/mol. The summed E-state index contributed by atoms with van der Waals surface area (Å²) in [6.07, 6.45) is 0. The fourth-order valence-corrected chi connectivity index (χ4v) is 2.16. The number of benzene rings is 2. The summed E-state index contributed by atoms with van der Waals surface area (Å²) in [6, 6.07) is 12.0. The molecule has 0 heterocycles. The lowest BCUT2D eigenvalue weighted by atomic mass is 10.1. The van der Waals surface area contributed by atoms with E-state index in [-0.39, 0.29) is 24.8 Å². The largest absolute Gasteiger partial charge is 0.482 e. The second kappa shape index (κ2) is 14.7. The minimum atomic E-state index is -1.06. The summed E-state index contributed by atoms with van der Waals surface area (Å²) in [6.45, 7) is -0.228. The number of esters is 2. The van der Waals surface area contributed by atoms with Crippen molar-refractivity contribution in [2.75, 3.05) is 33.5 Å². The lowest BCUT2D eigenvalue weighted by molar-refractivity contribution is -0.143. The van der Waals surface area contributed by atoms with E-state index in [9.17, 15) is 24.0 Å². The Bertz CT molecular complexity index is 979. The van der Waals surface area contributed by atoms with E-state index >= 15 is 0 Å².